The van der Waals surface area contributed by atoms with Crippen molar-refractivity contribution in [2.75, 3.05) is 0 Å². The number of hydrogen-bond acceptors (Lipinski definition) is 3. The molecule has 4 nitrogen and oxygen atoms in total. The largest absolute Gasteiger partial charge is 0.466 e. The molecule has 0 radical (unpaired) electrons. The standard InChI is InChI=1S/CH3O4S2/c2-6(3)1-7(4)5/h1H,(H,2,3)(H,4,5)/q-1. The molecule has 1 unspecified atom stereocenters. The molecule has 0 aromatic heterocycles. The predicted molar refractivity (Wildman–Crippen MR) is 27.5 cm³/mol. The fourth-order valence-electron chi connectivity index (χ4n) is 0.0704. The molecule has 0 saturated heterocycles. The molecule has 44 valence electrons. The van der Waals surface area contributed by atoms with Crippen LogP contribution >= 0.6 is 0 Å². The van der Waals surface area contributed by atoms with Crippen LogP contribution in [-0.4, -0.2) is 18.0 Å². The summed E-state index contributed by atoms with van der Waals surface area (Å²) in [4.78, 5) is 0. The SMILES string of the molecule is O=S(O)C=[S-](=O)O. The van der Waals surface area contributed by atoms with E-state index in [1.165, 1.54) is 0 Å². The summed E-state index contributed by atoms with van der Waals surface area (Å²) in [7, 11) is -2.27. The van der Waals surface area contributed by atoms with Crippen molar-refractivity contribution in [2.24, 2.45) is 0 Å². The Kier molecular flexibility index (Phi) is 3.18. The third kappa shape index (κ3) is 6.09. The minimum absolute atomic E-state index is 0.389. The van der Waals surface area contributed by atoms with Crippen LogP contribution in [0.15, 0.2) is 0 Å². The van der Waals surface area contributed by atoms with Gasteiger partial charge >= 0.3 is 0 Å². The van der Waals surface area contributed by atoms with E-state index in [2.05, 4.69) is 0 Å². The lowest BCUT2D eigenvalue weighted by atomic mass is 11.9. The first kappa shape index (κ1) is 7.09. The predicted octanol–water partition coefficient (Wildman–Crippen LogP) is -0.595. The first-order valence-electron chi connectivity index (χ1n) is 1.17. The van der Waals surface area contributed by atoms with Gasteiger partial charge in [-0.05, 0) is 4.70 Å². The highest BCUT2D eigenvalue weighted by molar-refractivity contribution is 8.06. The molecule has 7 heavy (non-hydrogen) atoms. The Labute approximate surface area is 44.7 Å². The van der Waals surface area contributed by atoms with E-state index in [0.717, 1.165) is 0 Å². The summed E-state index contributed by atoms with van der Waals surface area (Å²) in [6.45, 7) is 0. The number of rotatable bonds is 1. The van der Waals surface area contributed by atoms with Crippen LogP contribution in [0, 0.1) is 0 Å². The van der Waals surface area contributed by atoms with Crippen LogP contribution in [0.1, 0.15) is 0 Å². The van der Waals surface area contributed by atoms with Gasteiger partial charge in [-0.3, -0.25) is 0 Å². The minimum Gasteiger partial charge on any atom is -0.466 e. The van der Waals surface area contributed by atoms with Gasteiger partial charge < -0.3 is 13.3 Å². The Morgan fingerprint density at radius 3 is 2.14 bits per heavy atom. The van der Waals surface area contributed by atoms with Crippen molar-refractivity contribution in [1.29, 1.82) is 0 Å². The van der Waals surface area contributed by atoms with Gasteiger partial charge in [-0.25, -0.2) is 4.21 Å². The van der Waals surface area contributed by atoms with Gasteiger partial charge in [0.2, 0.25) is 0 Å². The van der Waals surface area contributed by atoms with Crippen LogP contribution in [0.5, 0.6) is 0 Å². The molecule has 2 N–H and O–H groups in total. The fraction of sp³-hybridized carbons (Fsp3) is 0. The van der Waals surface area contributed by atoms with Gasteiger partial charge in [-0.1, -0.05) is 0 Å². The molecule has 0 aromatic rings. The molecule has 6 heteroatoms. The van der Waals surface area contributed by atoms with Gasteiger partial charge in [0.05, 0.1) is 0 Å². The van der Waals surface area contributed by atoms with E-state index in [1.807, 2.05) is 0 Å². The first-order valence-corrected chi connectivity index (χ1v) is 3.51. The third-order valence-electron chi connectivity index (χ3n) is 0.165. The van der Waals surface area contributed by atoms with E-state index in [9.17, 15) is 8.42 Å². The monoisotopic (exact) mass is 143 g/mol. The lowest BCUT2D eigenvalue weighted by molar-refractivity contribution is 0.534. The van der Waals surface area contributed by atoms with E-state index in [-0.39, 0.29) is 0 Å². The Morgan fingerprint density at radius 1 is 1.71 bits per heavy atom. The Balaban J connectivity index is 3.95. The van der Waals surface area contributed by atoms with Gasteiger partial charge in [0.1, 0.15) is 0 Å². The molecule has 0 aliphatic heterocycles. The van der Waals surface area contributed by atoms with Crippen LogP contribution in [0.25, 0.3) is 0 Å². The normalized spacial score (nSPS) is 19.1. The van der Waals surface area contributed by atoms with Crippen molar-refractivity contribution in [3.05, 3.63) is 0 Å². The van der Waals surface area contributed by atoms with E-state index >= 15 is 0 Å². The molecule has 0 saturated carbocycles. The van der Waals surface area contributed by atoms with Crippen molar-refractivity contribution in [3.63, 3.8) is 0 Å². The minimum atomic E-state index is -2.27. The quantitative estimate of drug-likeness (QED) is 0.292. The van der Waals surface area contributed by atoms with Crippen molar-refractivity contribution in [2.45, 2.75) is 0 Å². The van der Waals surface area contributed by atoms with E-state index < -0.39 is 21.7 Å². The maximum absolute atomic E-state index is 9.51. The van der Waals surface area contributed by atoms with E-state index in [0.29, 0.717) is 4.70 Å². The summed E-state index contributed by atoms with van der Waals surface area (Å²) in [6, 6.07) is 0. The van der Waals surface area contributed by atoms with Gasteiger partial charge in [0, 0.05) is 0 Å². The average molecular weight is 143 g/mol. The zero-order valence-corrected chi connectivity index (χ0v) is 4.74. The lowest BCUT2D eigenvalue weighted by Crippen LogP contribution is -1.88. The average Bonchev–Trinajstić information content (AvgIpc) is 1.27. The second kappa shape index (κ2) is 3.14. The van der Waals surface area contributed by atoms with Crippen LogP contribution in [0.2, 0.25) is 0 Å². The summed E-state index contributed by atoms with van der Waals surface area (Å²) in [5.74, 6) is 0. The number of hydrogen-bond donors (Lipinski definition) is 2. The molecule has 0 amide bonds. The maximum atomic E-state index is 9.51. The van der Waals surface area contributed by atoms with Gasteiger partial charge in [-0.15, -0.1) is 10.7 Å². The van der Waals surface area contributed by atoms with Crippen LogP contribution in [0.4, 0.5) is 0 Å². The van der Waals surface area contributed by atoms with Crippen molar-refractivity contribution < 1.29 is 17.5 Å². The van der Waals surface area contributed by atoms with Gasteiger partial charge in [-0.2, -0.15) is 0 Å². The highest BCUT2D eigenvalue weighted by atomic mass is 32.2. The summed E-state index contributed by atoms with van der Waals surface area (Å²) in [6.07, 6.45) is 0. The Hall–Kier alpha value is 0.0900. The molecule has 0 rings (SSSR count). The molecule has 0 aliphatic carbocycles. The van der Waals surface area contributed by atoms with E-state index in [4.69, 9.17) is 9.11 Å². The molecule has 0 fully saturated rings. The molecule has 0 aromatic carbocycles. The van der Waals surface area contributed by atoms with Crippen molar-refractivity contribution in [3.8, 4) is 0 Å². The zero-order chi connectivity index (χ0) is 5.86. The third-order valence-corrected chi connectivity index (χ3v) is 1.48. The van der Waals surface area contributed by atoms with Crippen LogP contribution < -0.4 is 0 Å². The summed E-state index contributed by atoms with van der Waals surface area (Å²) < 4.78 is 35.0. The topological polar surface area (TPSA) is 74.6 Å². The van der Waals surface area contributed by atoms with E-state index in [1.54, 1.807) is 0 Å². The first-order chi connectivity index (χ1) is 3.13. The molecular formula is CH3O4S2-. The van der Waals surface area contributed by atoms with Gasteiger partial charge in [0.25, 0.3) is 0 Å². The Morgan fingerprint density at radius 2 is 2.14 bits per heavy atom. The Bertz CT molecular complexity index is 142. The smallest absolute Gasteiger partial charge is 0.156 e. The summed E-state index contributed by atoms with van der Waals surface area (Å²) in [5, 5.41) is 0. The molecule has 0 bridgehead atoms. The molecule has 1 atom stereocenters. The van der Waals surface area contributed by atoms with Gasteiger partial charge in [0.15, 0.2) is 11.1 Å². The van der Waals surface area contributed by atoms with Crippen molar-refractivity contribution >= 4 is 26.4 Å². The summed E-state index contributed by atoms with van der Waals surface area (Å²) >= 11 is -2.27. The van der Waals surface area contributed by atoms with Crippen LogP contribution in [-0.2, 0) is 26.0 Å². The van der Waals surface area contributed by atoms with Crippen LogP contribution in [0.3, 0.4) is 0 Å². The molecular weight excluding hydrogens is 140 g/mol. The highest BCUT2D eigenvalue weighted by Crippen LogP contribution is 1.60. The molecule has 0 spiro atoms. The fourth-order valence-corrected chi connectivity index (χ4v) is 0.634. The maximum Gasteiger partial charge on any atom is 0.156 e. The summed E-state index contributed by atoms with van der Waals surface area (Å²) in [5.41, 5.74) is 0. The highest BCUT2D eigenvalue weighted by Gasteiger charge is 1.69. The lowest BCUT2D eigenvalue weighted by Gasteiger charge is -1.84. The molecule has 0 heterocycles. The second-order valence-electron chi connectivity index (χ2n) is 0.649. The zero-order valence-electron chi connectivity index (χ0n) is 3.10. The second-order valence-corrected chi connectivity index (χ2v) is 2.52. The molecule has 0 aliphatic rings. The van der Waals surface area contributed by atoms with Crippen molar-refractivity contribution in [1.82, 2.24) is 0 Å².